The van der Waals surface area contributed by atoms with Gasteiger partial charge >= 0.3 is 0 Å². The summed E-state index contributed by atoms with van der Waals surface area (Å²) in [6.07, 6.45) is 1.54. The molecule has 5 nitrogen and oxygen atoms in total. The molecule has 0 saturated heterocycles. The number of amides is 1. The molecule has 1 aliphatic rings. The van der Waals surface area contributed by atoms with Gasteiger partial charge in [0.1, 0.15) is 11.3 Å². The molecule has 0 heterocycles. The van der Waals surface area contributed by atoms with Crippen molar-refractivity contribution in [2.75, 3.05) is 18.5 Å². The number of hydrogen-bond acceptors (Lipinski definition) is 4. The van der Waals surface area contributed by atoms with Crippen molar-refractivity contribution < 1.29 is 14.3 Å². The van der Waals surface area contributed by atoms with E-state index in [1.54, 1.807) is 0 Å². The van der Waals surface area contributed by atoms with E-state index in [1.165, 1.54) is 0 Å². The molecular formula is C20H33ClN2O3. The zero-order valence-electron chi connectivity index (χ0n) is 16.5. The second-order valence-corrected chi connectivity index (χ2v) is 7.85. The van der Waals surface area contributed by atoms with E-state index >= 15 is 0 Å². The molecule has 2 atom stereocenters. The van der Waals surface area contributed by atoms with E-state index < -0.39 is 11.0 Å². The molecule has 0 spiro atoms. The number of carbonyl (C=O) groups excluding carboxylic acids is 1. The van der Waals surface area contributed by atoms with Gasteiger partial charge in [0.15, 0.2) is 0 Å². The lowest BCUT2D eigenvalue weighted by molar-refractivity contribution is -0.166. The molecule has 1 aromatic carbocycles. The van der Waals surface area contributed by atoms with Crippen LogP contribution >= 0.6 is 12.4 Å². The van der Waals surface area contributed by atoms with Gasteiger partial charge in [0.05, 0.1) is 12.7 Å². The van der Waals surface area contributed by atoms with Gasteiger partial charge in [-0.15, -0.1) is 12.4 Å². The molecule has 1 amide bonds. The Kier molecular flexibility index (Phi) is 7.93. The molecule has 0 aromatic heterocycles. The van der Waals surface area contributed by atoms with E-state index in [0.717, 1.165) is 12.2 Å². The highest BCUT2D eigenvalue weighted by Crippen LogP contribution is 2.50. The Hall–Kier alpha value is -1.30. The zero-order chi connectivity index (χ0) is 18.7. The molecule has 0 aliphatic heterocycles. The number of nitrogens with one attached hydrogen (secondary N) is 1. The van der Waals surface area contributed by atoms with E-state index in [-0.39, 0.29) is 24.4 Å². The van der Waals surface area contributed by atoms with Crippen molar-refractivity contribution >= 4 is 24.0 Å². The Bertz CT molecular complexity index is 606. The highest BCUT2D eigenvalue weighted by Gasteiger charge is 2.62. The summed E-state index contributed by atoms with van der Waals surface area (Å²) >= 11 is 0. The maximum Gasteiger partial charge on any atom is 0.245 e. The number of carbonyl (C=O) groups is 1. The average Bonchev–Trinajstić information content (AvgIpc) is 2.54. The molecule has 1 fully saturated rings. The summed E-state index contributed by atoms with van der Waals surface area (Å²) in [6.45, 7) is 11.6. The van der Waals surface area contributed by atoms with Gasteiger partial charge in [-0.25, -0.2) is 0 Å². The summed E-state index contributed by atoms with van der Waals surface area (Å²) < 4.78 is 11.4. The maximum atomic E-state index is 12.8. The van der Waals surface area contributed by atoms with Crippen molar-refractivity contribution in [1.82, 2.24) is 0 Å². The number of hydrogen-bond donors (Lipinski definition) is 2. The van der Waals surface area contributed by atoms with Gasteiger partial charge in [-0.2, -0.15) is 0 Å². The Balaban J connectivity index is 0.00000338. The van der Waals surface area contributed by atoms with Crippen molar-refractivity contribution in [3.63, 3.8) is 0 Å². The van der Waals surface area contributed by atoms with Gasteiger partial charge in [0.25, 0.3) is 0 Å². The Morgan fingerprint density at radius 3 is 2.65 bits per heavy atom. The smallest absolute Gasteiger partial charge is 0.245 e. The van der Waals surface area contributed by atoms with Gasteiger partial charge in [-0.1, -0.05) is 33.8 Å². The minimum Gasteiger partial charge on any atom is -0.494 e. The molecule has 1 aromatic rings. The first kappa shape index (κ1) is 22.7. The molecule has 1 aliphatic carbocycles. The van der Waals surface area contributed by atoms with E-state index in [4.69, 9.17) is 15.2 Å². The lowest BCUT2D eigenvalue weighted by atomic mass is 9.54. The third kappa shape index (κ3) is 4.70. The van der Waals surface area contributed by atoms with Gasteiger partial charge in [-0.3, -0.25) is 4.79 Å². The van der Waals surface area contributed by atoms with Crippen LogP contribution in [-0.4, -0.2) is 30.8 Å². The van der Waals surface area contributed by atoms with E-state index in [1.807, 2.05) is 45.0 Å². The molecule has 148 valence electrons. The Labute approximate surface area is 163 Å². The number of rotatable bonds is 8. The molecular weight excluding hydrogens is 352 g/mol. The number of benzene rings is 1. The summed E-state index contributed by atoms with van der Waals surface area (Å²) in [7, 11) is 0. The number of nitrogens with two attached hydrogens (primary N) is 1. The van der Waals surface area contributed by atoms with Crippen molar-refractivity contribution in [2.24, 2.45) is 17.1 Å². The predicted molar refractivity (Wildman–Crippen MR) is 108 cm³/mol. The fourth-order valence-electron chi connectivity index (χ4n) is 3.14. The van der Waals surface area contributed by atoms with Crippen LogP contribution in [0.2, 0.25) is 0 Å². The lowest BCUT2D eigenvalue weighted by Gasteiger charge is -2.57. The van der Waals surface area contributed by atoms with Crippen molar-refractivity contribution in [1.29, 1.82) is 0 Å². The van der Waals surface area contributed by atoms with Crippen LogP contribution in [0, 0.1) is 11.3 Å². The van der Waals surface area contributed by atoms with Crippen molar-refractivity contribution in [3.8, 4) is 5.75 Å². The quantitative estimate of drug-likeness (QED) is 0.710. The fourth-order valence-corrected chi connectivity index (χ4v) is 3.14. The summed E-state index contributed by atoms with van der Waals surface area (Å²) in [5, 5.41) is 2.94. The van der Waals surface area contributed by atoms with E-state index in [0.29, 0.717) is 31.2 Å². The molecule has 0 bridgehead atoms. The monoisotopic (exact) mass is 384 g/mol. The summed E-state index contributed by atoms with van der Waals surface area (Å²) in [6, 6.07) is 7.46. The maximum absolute atomic E-state index is 12.8. The summed E-state index contributed by atoms with van der Waals surface area (Å²) in [5.74, 6) is 1.18. The molecule has 26 heavy (non-hydrogen) atoms. The lowest BCUT2D eigenvalue weighted by Crippen LogP contribution is -2.74. The third-order valence-corrected chi connectivity index (χ3v) is 5.29. The van der Waals surface area contributed by atoms with Crippen LogP contribution in [0.4, 0.5) is 5.69 Å². The first-order chi connectivity index (χ1) is 11.7. The fraction of sp³-hybridized carbons (Fsp3) is 0.650. The highest BCUT2D eigenvalue weighted by atomic mass is 35.5. The number of ether oxygens (including phenoxy) is 2. The minimum absolute atomic E-state index is 0. The SMILES string of the molecule is CCOC1CC(N)(C(=O)Nc2cccc(OCCC(C)C)c2)C1(C)C.Cl. The first-order valence-electron chi connectivity index (χ1n) is 9.15. The van der Waals surface area contributed by atoms with E-state index in [9.17, 15) is 4.79 Å². The Morgan fingerprint density at radius 2 is 2.08 bits per heavy atom. The molecule has 2 rings (SSSR count). The topological polar surface area (TPSA) is 73.6 Å². The van der Waals surface area contributed by atoms with Crippen molar-refractivity contribution in [3.05, 3.63) is 24.3 Å². The first-order valence-corrected chi connectivity index (χ1v) is 9.15. The zero-order valence-corrected chi connectivity index (χ0v) is 17.3. The average molecular weight is 385 g/mol. The largest absolute Gasteiger partial charge is 0.494 e. The van der Waals surface area contributed by atoms with Gasteiger partial charge in [0, 0.05) is 30.2 Å². The van der Waals surface area contributed by atoms with Crippen LogP contribution in [-0.2, 0) is 9.53 Å². The second-order valence-electron chi connectivity index (χ2n) is 7.85. The molecule has 6 heteroatoms. The van der Waals surface area contributed by atoms with Gasteiger partial charge in [0.2, 0.25) is 5.91 Å². The Morgan fingerprint density at radius 1 is 1.38 bits per heavy atom. The number of halogens is 1. The van der Waals surface area contributed by atoms with Crippen LogP contribution in [0.5, 0.6) is 5.75 Å². The van der Waals surface area contributed by atoms with Gasteiger partial charge in [-0.05, 0) is 31.4 Å². The summed E-state index contributed by atoms with van der Waals surface area (Å²) in [5.41, 5.74) is 5.79. The van der Waals surface area contributed by atoms with Gasteiger partial charge < -0.3 is 20.5 Å². The normalized spacial score (nSPS) is 23.7. The molecule has 0 radical (unpaired) electrons. The molecule has 2 unspecified atom stereocenters. The van der Waals surface area contributed by atoms with E-state index in [2.05, 4.69) is 19.2 Å². The van der Waals surface area contributed by atoms with Crippen LogP contribution in [0.1, 0.15) is 47.5 Å². The number of anilines is 1. The van der Waals surface area contributed by atoms with Crippen LogP contribution in [0.25, 0.3) is 0 Å². The van der Waals surface area contributed by atoms with Crippen LogP contribution in [0.3, 0.4) is 0 Å². The second kappa shape index (κ2) is 9.07. The standard InChI is InChI=1S/C20H32N2O3.ClH/c1-6-24-17-13-20(21,19(17,4)5)18(23)22-15-8-7-9-16(12-15)25-11-10-14(2)3;/h7-9,12,14,17H,6,10-11,13,21H2,1-5H3,(H,22,23);1H. The predicted octanol–water partition coefficient (Wildman–Crippen LogP) is 4.00. The third-order valence-electron chi connectivity index (χ3n) is 5.29. The highest BCUT2D eigenvalue weighted by molar-refractivity contribution is 5.99. The van der Waals surface area contributed by atoms with Crippen LogP contribution < -0.4 is 15.8 Å². The summed E-state index contributed by atoms with van der Waals surface area (Å²) in [4.78, 5) is 12.8. The molecule has 1 saturated carbocycles. The minimum atomic E-state index is -0.929. The van der Waals surface area contributed by atoms with Crippen molar-refractivity contribution in [2.45, 2.75) is 59.1 Å². The van der Waals surface area contributed by atoms with Crippen LogP contribution in [0.15, 0.2) is 24.3 Å². The molecule has 3 N–H and O–H groups in total.